The molecule has 10 heteroatoms. The zero-order valence-corrected chi connectivity index (χ0v) is 18.6. The Morgan fingerprint density at radius 2 is 1.74 bits per heavy atom. The number of aromatic nitrogens is 1. The average Bonchev–Trinajstić information content (AvgIpc) is 2.74. The van der Waals surface area contributed by atoms with Gasteiger partial charge in [0.15, 0.2) is 5.75 Å². The molecule has 1 atom stereocenters. The fraction of sp³-hybridized carbons (Fsp3) is 0.292. The lowest BCUT2D eigenvalue weighted by atomic mass is 9.86. The van der Waals surface area contributed by atoms with Gasteiger partial charge < -0.3 is 19.9 Å². The number of nitrogens with one attached hydrogen (secondary N) is 1. The van der Waals surface area contributed by atoms with E-state index in [1.807, 2.05) is 0 Å². The fourth-order valence-corrected chi connectivity index (χ4v) is 3.24. The summed E-state index contributed by atoms with van der Waals surface area (Å²) in [4.78, 5) is 29.0. The molecular weight excluding hydrogens is 453 g/mol. The second-order valence-corrected chi connectivity index (χ2v) is 8.61. The van der Waals surface area contributed by atoms with Crippen LogP contribution in [0, 0.1) is 5.41 Å². The van der Waals surface area contributed by atoms with Crippen LogP contribution in [0.15, 0.2) is 54.7 Å². The topological polar surface area (TPSA) is 97.8 Å². The summed E-state index contributed by atoms with van der Waals surface area (Å²) in [5.74, 6) is -2.07. The van der Waals surface area contributed by atoms with E-state index in [4.69, 9.17) is 4.74 Å². The van der Waals surface area contributed by atoms with Crippen molar-refractivity contribution in [2.24, 2.45) is 5.41 Å². The number of carbonyl (C=O) groups is 2. The number of ether oxygens (including phenoxy) is 2. The first-order valence-corrected chi connectivity index (χ1v) is 10.2. The first-order chi connectivity index (χ1) is 15.8. The number of carbonyl (C=O) groups excluding carboxylic acids is 1. The summed E-state index contributed by atoms with van der Waals surface area (Å²) < 4.78 is 46.8. The molecule has 0 bridgehead atoms. The molecule has 0 saturated heterocycles. The normalized spacial score (nSPS) is 12.8. The lowest BCUT2D eigenvalue weighted by Gasteiger charge is -2.28. The van der Waals surface area contributed by atoms with Gasteiger partial charge in [-0.3, -0.25) is 9.78 Å². The third-order valence-electron chi connectivity index (χ3n) is 4.90. The molecule has 0 fully saturated rings. The first kappa shape index (κ1) is 24.8. The standard InChI is InChI=1S/C24H23F3N2O5/c1-23(2,3)20(22(31)32)29-21(30)17-11-8-15-5-4-12-28-18(15)19(17)33-13-14-6-9-16(10-7-14)34-24(25,26)27/h4-12,20H,13H2,1-3H3,(H,29,30)(H,31,32). The number of aliphatic carboxylic acids is 1. The smallest absolute Gasteiger partial charge is 0.486 e. The molecule has 0 spiro atoms. The zero-order valence-electron chi connectivity index (χ0n) is 18.6. The Kier molecular flexibility index (Phi) is 6.99. The number of amides is 1. The Bertz CT molecular complexity index is 1190. The van der Waals surface area contributed by atoms with Gasteiger partial charge >= 0.3 is 12.3 Å². The Labute approximate surface area is 193 Å². The largest absolute Gasteiger partial charge is 0.573 e. The maximum atomic E-state index is 13.1. The average molecular weight is 476 g/mol. The van der Waals surface area contributed by atoms with Gasteiger partial charge in [0.25, 0.3) is 5.91 Å². The highest BCUT2D eigenvalue weighted by Gasteiger charge is 2.34. The number of rotatable bonds is 7. The SMILES string of the molecule is CC(C)(C)C(NC(=O)c1ccc2cccnc2c1OCc1ccc(OC(F)(F)F)cc1)C(=O)O. The van der Waals surface area contributed by atoms with Crippen LogP contribution in [0.1, 0.15) is 36.7 Å². The van der Waals surface area contributed by atoms with E-state index in [0.717, 1.165) is 12.1 Å². The van der Waals surface area contributed by atoms with Crippen LogP contribution in [0.2, 0.25) is 0 Å². The van der Waals surface area contributed by atoms with E-state index >= 15 is 0 Å². The summed E-state index contributed by atoms with van der Waals surface area (Å²) in [5.41, 5.74) is 0.234. The highest BCUT2D eigenvalue weighted by Crippen LogP contribution is 2.30. The van der Waals surface area contributed by atoms with Gasteiger partial charge in [-0.2, -0.15) is 0 Å². The van der Waals surface area contributed by atoms with Crippen molar-refractivity contribution < 1.29 is 37.3 Å². The van der Waals surface area contributed by atoms with Crippen LogP contribution in [0.25, 0.3) is 10.9 Å². The molecule has 0 aliphatic rings. The second-order valence-electron chi connectivity index (χ2n) is 8.61. The van der Waals surface area contributed by atoms with Crippen molar-refractivity contribution in [3.8, 4) is 11.5 Å². The van der Waals surface area contributed by atoms with E-state index in [0.29, 0.717) is 16.5 Å². The monoisotopic (exact) mass is 476 g/mol. The summed E-state index contributed by atoms with van der Waals surface area (Å²) >= 11 is 0. The summed E-state index contributed by atoms with van der Waals surface area (Å²) in [6.45, 7) is 5.00. The predicted molar refractivity (Wildman–Crippen MR) is 118 cm³/mol. The number of carboxylic acid groups (broad SMARTS) is 1. The van der Waals surface area contributed by atoms with Crippen LogP contribution >= 0.6 is 0 Å². The maximum Gasteiger partial charge on any atom is 0.573 e. The minimum atomic E-state index is -4.80. The van der Waals surface area contributed by atoms with Crippen molar-refractivity contribution in [3.05, 3.63) is 65.9 Å². The molecule has 3 aromatic rings. The van der Waals surface area contributed by atoms with E-state index in [9.17, 15) is 27.9 Å². The van der Waals surface area contributed by atoms with Crippen LogP contribution in [0.3, 0.4) is 0 Å². The summed E-state index contributed by atoms with van der Waals surface area (Å²) in [7, 11) is 0. The third-order valence-corrected chi connectivity index (χ3v) is 4.90. The molecule has 0 aliphatic carbocycles. The number of nitrogens with zero attached hydrogens (tertiary/aromatic N) is 1. The van der Waals surface area contributed by atoms with Gasteiger partial charge in [0, 0.05) is 11.6 Å². The van der Waals surface area contributed by atoms with E-state index < -0.39 is 29.7 Å². The van der Waals surface area contributed by atoms with Crippen molar-refractivity contribution in [1.82, 2.24) is 10.3 Å². The Balaban J connectivity index is 1.89. The molecule has 3 rings (SSSR count). The first-order valence-electron chi connectivity index (χ1n) is 10.2. The van der Waals surface area contributed by atoms with Crippen molar-refractivity contribution in [2.75, 3.05) is 0 Å². The highest BCUT2D eigenvalue weighted by atomic mass is 19.4. The molecule has 1 heterocycles. The minimum absolute atomic E-state index is 0.0795. The van der Waals surface area contributed by atoms with Crippen molar-refractivity contribution in [1.29, 1.82) is 0 Å². The molecule has 1 aromatic heterocycles. The lowest BCUT2D eigenvalue weighted by molar-refractivity contribution is -0.274. The van der Waals surface area contributed by atoms with Gasteiger partial charge in [0.1, 0.15) is 23.9 Å². The molecule has 0 aliphatic heterocycles. The van der Waals surface area contributed by atoms with Gasteiger partial charge in [0.2, 0.25) is 0 Å². The van der Waals surface area contributed by atoms with Crippen molar-refractivity contribution in [3.63, 3.8) is 0 Å². The molecule has 0 saturated carbocycles. The van der Waals surface area contributed by atoms with Gasteiger partial charge in [0.05, 0.1) is 5.56 Å². The molecule has 2 aromatic carbocycles. The molecule has 1 unspecified atom stereocenters. The molecule has 180 valence electrons. The van der Waals surface area contributed by atoms with E-state index in [1.165, 1.54) is 24.4 Å². The van der Waals surface area contributed by atoms with Gasteiger partial charge in [-0.25, -0.2) is 4.79 Å². The molecular formula is C24H23F3N2O5. The van der Waals surface area contributed by atoms with E-state index in [-0.39, 0.29) is 23.7 Å². The molecule has 2 N–H and O–H groups in total. The Morgan fingerprint density at radius 1 is 1.06 bits per heavy atom. The number of hydrogen-bond donors (Lipinski definition) is 2. The van der Waals surface area contributed by atoms with Gasteiger partial charge in [-0.15, -0.1) is 13.2 Å². The molecule has 34 heavy (non-hydrogen) atoms. The number of benzene rings is 2. The van der Waals surface area contributed by atoms with Crippen molar-refractivity contribution in [2.45, 2.75) is 39.8 Å². The van der Waals surface area contributed by atoms with Crippen LogP contribution in [0.5, 0.6) is 11.5 Å². The Hall–Kier alpha value is -3.82. The minimum Gasteiger partial charge on any atom is -0.486 e. The molecule has 0 radical (unpaired) electrons. The fourth-order valence-electron chi connectivity index (χ4n) is 3.24. The van der Waals surface area contributed by atoms with Gasteiger partial charge in [-0.1, -0.05) is 45.0 Å². The number of hydrogen-bond acceptors (Lipinski definition) is 5. The van der Waals surface area contributed by atoms with Crippen LogP contribution in [0.4, 0.5) is 13.2 Å². The summed E-state index contributed by atoms with van der Waals surface area (Å²) in [6, 6.07) is 10.6. The van der Waals surface area contributed by atoms with E-state index in [1.54, 1.807) is 39.0 Å². The van der Waals surface area contributed by atoms with Crippen molar-refractivity contribution >= 4 is 22.8 Å². The lowest BCUT2D eigenvalue weighted by Crippen LogP contribution is -2.49. The Morgan fingerprint density at radius 3 is 2.32 bits per heavy atom. The predicted octanol–water partition coefficient (Wildman–Crippen LogP) is 4.94. The second kappa shape index (κ2) is 9.58. The third kappa shape index (κ3) is 6.15. The number of alkyl halides is 3. The number of pyridine rings is 1. The van der Waals surface area contributed by atoms with Gasteiger partial charge in [-0.05, 0) is 35.2 Å². The summed E-state index contributed by atoms with van der Waals surface area (Å²) in [6.07, 6.45) is -3.27. The number of fused-ring (bicyclic) bond motifs is 1. The van der Waals surface area contributed by atoms with Crippen LogP contribution in [-0.4, -0.2) is 34.4 Å². The highest BCUT2D eigenvalue weighted by molar-refractivity contribution is 6.04. The van der Waals surface area contributed by atoms with E-state index in [2.05, 4.69) is 15.0 Å². The number of carboxylic acids is 1. The van der Waals surface area contributed by atoms with Crippen LogP contribution < -0.4 is 14.8 Å². The summed E-state index contributed by atoms with van der Waals surface area (Å²) in [5, 5.41) is 12.8. The number of halogens is 3. The quantitative estimate of drug-likeness (QED) is 0.501. The molecule has 1 amide bonds. The molecule has 7 nitrogen and oxygen atoms in total. The maximum absolute atomic E-state index is 13.1. The zero-order chi connectivity index (χ0) is 25.1. The van der Waals surface area contributed by atoms with Crippen LogP contribution in [-0.2, 0) is 11.4 Å².